The van der Waals surface area contributed by atoms with Crippen LogP contribution >= 0.6 is 11.6 Å². The van der Waals surface area contributed by atoms with Gasteiger partial charge in [0.1, 0.15) is 5.15 Å². The van der Waals surface area contributed by atoms with Crippen molar-refractivity contribution in [2.75, 3.05) is 0 Å². The summed E-state index contributed by atoms with van der Waals surface area (Å²) in [4.78, 5) is 11.2. The molecule has 1 aromatic carbocycles. The minimum atomic E-state index is 0.561. The summed E-state index contributed by atoms with van der Waals surface area (Å²) in [5.41, 5.74) is 4.13. The van der Waals surface area contributed by atoms with Crippen molar-refractivity contribution in [3.8, 4) is 0 Å². The van der Waals surface area contributed by atoms with Crippen LogP contribution < -0.4 is 0 Å². The molecular formula is C14H16ClNO. The Bertz CT molecular complexity index is 584. The second-order valence-corrected chi connectivity index (χ2v) is 4.74. The number of rotatable bonds is 3. The third-order valence-electron chi connectivity index (χ3n) is 3.29. The number of carbonyl (C=O) groups is 1. The van der Waals surface area contributed by atoms with Gasteiger partial charge >= 0.3 is 0 Å². The fraction of sp³-hybridized carbons (Fsp3) is 0.357. The van der Waals surface area contributed by atoms with Crippen LogP contribution in [-0.2, 0) is 6.54 Å². The molecule has 2 nitrogen and oxygen atoms in total. The molecule has 0 radical (unpaired) electrons. The van der Waals surface area contributed by atoms with Gasteiger partial charge < -0.3 is 4.57 Å². The number of halogens is 1. The molecule has 0 aliphatic rings. The minimum absolute atomic E-state index is 0.561. The summed E-state index contributed by atoms with van der Waals surface area (Å²) in [6.07, 6.45) is 1.85. The van der Waals surface area contributed by atoms with Crippen molar-refractivity contribution >= 4 is 28.8 Å². The Morgan fingerprint density at radius 2 is 2.06 bits per heavy atom. The molecule has 0 N–H and O–H groups in total. The summed E-state index contributed by atoms with van der Waals surface area (Å²) in [5, 5.41) is 1.52. The summed E-state index contributed by atoms with van der Waals surface area (Å²) in [7, 11) is 0. The van der Waals surface area contributed by atoms with Crippen LogP contribution in [0.1, 0.15) is 34.8 Å². The van der Waals surface area contributed by atoms with Gasteiger partial charge in [0.25, 0.3) is 0 Å². The zero-order valence-electron chi connectivity index (χ0n) is 10.4. The number of aromatic nitrogens is 1. The van der Waals surface area contributed by atoms with E-state index >= 15 is 0 Å². The summed E-state index contributed by atoms with van der Waals surface area (Å²) in [6.45, 7) is 7.10. The van der Waals surface area contributed by atoms with Crippen molar-refractivity contribution in [3.05, 3.63) is 34.0 Å². The van der Waals surface area contributed by atoms with E-state index in [4.69, 9.17) is 11.6 Å². The molecule has 3 heteroatoms. The van der Waals surface area contributed by atoms with Gasteiger partial charge in [-0.1, -0.05) is 30.7 Å². The van der Waals surface area contributed by atoms with E-state index in [0.717, 1.165) is 30.2 Å². The summed E-state index contributed by atoms with van der Waals surface area (Å²) < 4.78 is 2.04. The monoisotopic (exact) mass is 249 g/mol. The van der Waals surface area contributed by atoms with Gasteiger partial charge in [-0.25, -0.2) is 0 Å². The molecule has 0 saturated heterocycles. The lowest BCUT2D eigenvalue weighted by Gasteiger charge is -2.08. The normalized spacial score (nSPS) is 11.1. The van der Waals surface area contributed by atoms with Crippen LogP contribution in [0.2, 0.25) is 5.15 Å². The van der Waals surface area contributed by atoms with E-state index in [2.05, 4.69) is 20.8 Å². The number of nitrogens with zero attached hydrogens (tertiary/aromatic N) is 1. The summed E-state index contributed by atoms with van der Waals surface area (Å²) in [5.74, 6) is 0. The van der Waals surface area contributed by atoms with Crippen molar-refractivity contribution in [2.24, 2.45) is 0 Å². The maximum Gasteiger partial charge on any atom is 0.153 e. The van der Waals surface area contributed by atoms with Gasteiger partial charge in [0.15, 0.2) is 6.29 Å². The third kappa shape index (κ3) is 1.77. The van der Waals surface area contributed by atoms with E-state index in [-0.39, 0.29) is 0 Å². The Kier molecular flexibility index (Phi) is 3.25. The van der Waals surface area contributed by atoms with Crippen molar-refractivity contribution < 1.29 is 4.79 Å². The topological polar surface area (TPSA) is 22.0 Å². The highest BCUT2D eigenvalue weighted by Crippen LogP contribution is 2.32. The molecule has 0 unspecified atom stereocenters. The molecule has 90 valence electrons. The molecule has 0 saturated carbocycles. The fourth-order valence-corrected chi connectivity index (χ4v) is 2.58. The van der Waals surface area contributed by atoms with Gasteiger partial charge in [-0.05, 0) is 31.4 Å². The maximum absolute atomic E-state index is 11.2. The van der Waals surface area contributed by atoms with E-state index in [0.29, 0.717) is 10.7 Å². The second-order valence-electron chi connectivity index (χ2n) is 4.38. The quantitative estimate of drug-likeness (QED) is 0.750. The lowest BCUT2D eigenvalue weighted by molar-refractivity contribution is 0.112. The number of benzene rings is 1. The average Bonchev–Trinajstić information content (AvgIpc) is 2.58. The predicted octanol–water partition coefficient (Wildman–Crippen LogP) is 4.13. The molecule has 0 bridgehead atoms. The first kappa shape index (κ1) is 12.2. The first-order valence-corrected chi connectivity index (χ1v) is 6.22. The van der Waals surface area contributed by atoms with Crippen LogP contribution in [0.4, 0.5) is 0 Å². The molecule has 0 spiro atoms. The van der Waals surface area contributed by atoms with E-state index in [1.807, 2.05) is 16.7 Å². The molecule has 1 aromatic heterocycles. The Morgan fingerprint density at radius 1 is 1.35 bits per heavy atom. The van der Waals surface area contributed by atoms with Gasteiger partial charge in [-0.3, -0.25) is 4.79 Å². The molecule has 17 heavy (non-hydrogen) atoms. The molecule has 0 fully saturated rings. The molecule has 2 aromatic rings. The number of hydrogen-bond acceptors (Lipinski definition) is 1. The van der Waals surface area contributed by atoms with Crippen LogP contribution in [0, 0.1) is 13.8 Å². The molecule has 0 aliphatic heterocycles. The van der Waals surface area contributed by atoms with Crippen molar-refractivity contribution in [1.82, 2.24) is 4.57 Å². The number of aryl methyl sites for hydroxylation is 3. The Hall–Kier alpha value is -1.28. The molecule has 0 aliphatic carbocycles. The Morgan fingerprint density at radius 3 is 2.65 bits per heavy atom. The average molecular weight is 250 g/mol. The molecule has 0 amide bonds. The number of carbonyl (C=O) groups excluding carboxylic acids is 1. The highest BCUT2D eigenvalue weighted by Gasteiger charge is 2.16. The molecule has 2 rings (SSSR count). The first-order valence-electron chi connectivity index (χ1n) is 5.84. The molecule has 0 atom stereocenters. The summed E-state index contributed by atoms with van der Waals surface area (Å²) in [6, 6.07) is 4.02. The number of hydrogen-bond donors (Lipinski definition) is 0. The molecule has 1 heterocycles. The largest absolute Gasteiger partial charge is 0.331 e. The van der Waals surface area contributed by atoms with Crippen LogP contribution in [0.25, 0.3) is 10.9 Å². The van der Waals surface area contributed by atoms with E-state index < -0.39 is 0 Å². The maximum atomic E-state index is 11.2. The van der Waals surface area contributed by atoms with E-state index in [1.54, 1.807) is 0 Å². The zero-order valence-corrected chi connectivity index (χ0v) is 11.1. The van der Waals surface area contributed by atoms with Crippen molar-refractivity contribution in [2.45, 2.75) is 33.7 Å². The number of fused-ring (bicyclic) bond motifs is 1. The van der Waals surface area contributed by atoms with Crippen LogP contribution in [0.15, 0.2) is 12.1 Å². The second kappa shape index (κ2) is 4.53. The standard InChI is InChI=1S/C14H16ClNO/c1-4-7-16-13-10(3)9(2)5-6-11(13)12(8-17)14(16)15/h5-6,8H,4,7H2,1-3H3. The van der Waals surface area contributed by atoms with E-state index in [1.165, 1.54) is 11.1 Å². The fourth-order valence-electron chi connectivity index (χ4n) is 2.27. The van der Waals surface area contributed by atoms with E-state index in [9.17, 15) is 4.79 Å². The minimum Gasteiger partial charge on any atom is -0.331 e. The highest BCUT2D eigenvalue weighted by atomic mass is 35.5. The van der Waals surface area contributed by atoms with Gasteiger partial charge in [-0.15, -0.1) is 0 Å². The van der Waals surface area contributed by atoms with Gasteiger partial charge in [0.2, 0.25) is 0 Å². The smallest absolute Gasteiger partial charge is 0.153 e. The highest BCUT2D eigenvalue weighted by molar-refractivity contribution is 6.34. The van der Waals surface area contributed by atoms with Crippen LogP contribution in [-0.4, -0.2) is 10.9 Å². The van der Waals surface area contributed by atoms with Crippen molar-refractivity contribution in [1.29, 1.82) is 0 Å². The Balaban J connectivity index is 2.91. The lowest BCUT2D eigenvalue weighted by atomic mass is 10.1. The summed E-state index contributed by atoms with van der Waals surface area (Å²) >= 11 is 6.29. The SMILES string of the molecule is CCCn1c(Cl)c(C=O)c2ccc(C)c(C)c21. The molecular weight excluding hydrogens is 234 g/mol. The van der Waals surface area contributed by atoms with Gasteiger partial charge in [0.05, 0.1) is 11.1 Å². The third-order valence-corrected chi connectivity index (χ3v) is 3.69. The van der Waals surface area contributed by atoms with Crippen molar-refractivity contribution in [3.63, 3.8) is 0 Å². The Labute approximate surface area is 106 Å². The number of aldehydes is 1. The van der Waals surface area contributed by atoms with Gasteiger partial charge in [0, 0.05) is 11.9 Å². The van der Waals surface area contributed by atoms with Crippen LogP contribution in [0.3, 0.4) is 0 Å². The van der Waals surface area contributed by atoms with Gasteiger partial charge in [-0.2, -0.15) is 0 Å². The van der Waals surface area contributed by atoms with Crippen LogP contribution in [0.5, 0.6) is 0 Å². The lowest BCUT2D eigenvalue weighted by Crippen LogP contribution is -1.98. The zero-order chi connectivity index (χ0) is 12.6. The first-order chi connectivity index (χ1) is 8.11. The predicted molar refractivity (Wildman–Crippen MR) is 72.1 cm³/mol.